The molecule has 2 unspecified atom stereocenters. The van der Waals surface area contributed by atoms with Crippen LogP contribution in [0, 0.1) is 12.7 Å². The summed E-state index contributed by atoms with van der Waals surface area (Å²) in [7, 11) is 0. The van der Waals surface area contributed by atoms with Gasteiger partial charge in [0.05, 0.1) is 18.3 Å². The molecule has 0 aliphatic carbocycles. The first-order chi connectivity index (χ1) is 11.0. The normalized spacial score (nSPS) is 19.3. The van der Waals surface area contributed by atoms with Gasteiger partial charge in [-0.25, -0.2) is 9.18 Å². The van der Waals surface area contributed by atoms with Crippen LogP contribution in [0.4, 0.5) is 14.9 Å². The maximum absolute atomic E-state index is 14.0. The Morgan fingerprint density at radius 3 is 3.00 bits per heavy atom. The Bertz CT molecular complexity index is 535. The Morgan fingerprint density at radius 2 is 2.30 bits per heavy atom. The fourth-order valence-electron chi connectivity index (χ4n) is 2.87. The minimum absolute atomic E-state index is 0.0279. The molecule has 6 heteroatoms. The summed E-state index contributed by atoms with van der Waals surface area (Å²) in [6.45, 7) is 5.15. The number of urea groups is 1. The number of rotatable bonds is 5. The van der Waals surface area contributed by atoms with Gasteiger partial charge in [0.2, 0.25) is 0 Å². The minimum Gasteiger partial charge on any atom is -0.394 e. The van der Waals surface area contributed by atoms with Crippen molar-refractivity contribution in [2.24, 2.45) is 0 Å². The van der Waals surface area contributed by atoms with Crippen molar-refractivity contribution in [3.8, 4) is 0 Å². The van der Waals surface area contributed by atoms with Crippen LogP contribution in [0.5, 0.6) is 0 Å². The van der Waals surface area contributed by atoms with Crippen LogP contribution < -0.4 is 15.5 Å². The molecule has 1 heterocycles. The highest BCUT2D eigenvalue weighted by Gasteiger charge is 2.23. The number of nitrogens with one attached hydrogen (secondary N) is 2. The van der Waals surface area contributed by atoms with Crippen molar-refractivity contribution in [3.05, 3.63) is 29.6 Å². The van der Waals surface area contributed by atoms with E-state index in [4.69, 9.17) is 5.11 Å². The molecular weight excluding hydrogens is 297 g/mol. The van der Waals surface area contributed by atoms with Gasteiger partial charge < -0.3 is 20.6 Å². The van der Waals surface area contributed by atoms with E-state index in [1.807, 2.05) is 24.8 Å². The lowest BCUT2D eigenvalue weighted by molar-refractivity contribution is 0.210. The summed E-state index contributed by atoms with van der Waals surface area (Å²) in [5.41, 5.74) is 1.61. The van der Waals surface area contributed by atoms with E-state index in [1.165, 1.54) is 6.07 Å². The fourth-order valence-corrected chi connectivity index (χ4v) is 2.87. The SMILES string of the molecule is CCC(CO)NC(=O)NC1CCCN(c2cc(C)ccc2F)C1. The molecule has 0 saturated carbocycles. The molecule has 23 heavy (non-hydrogen) atoms. The number of carbonyl (C=O) groups is 1. The third-order valence-electron chi connectivity index (χ3n) is 4.25. The average molecular weight is 323 g/mol. The van der Waals surface area contributed by atoms with Gasteiger partial charge in [-0.05, 0) is 43.9 Å². The molecule has 1 aliphatic heterocycles. The van der Waals surface area contributed by atoms with E-state index in [2.05, 4.69) is 10.6 Å². The van der Waals surface area contributed by atoms with Crippen molar-refractivity contribution in [3.63, 3.8) is 0 Å². The lowest BCUT2D eigenvalue weighted by atomic mass is 10.0. The largest absolute Gasteiger partial charge is 0.394 e. The number of hydrogen-bond acceptors (Lipinski definition) is 3. The van der Waals surface area contributed by atoms with Crippen LogP contribution in [0.3, 0.4) is 0 Å². The molecule has 1 aliphatic rings. The quantitative estimate of drug-likeness (QED) is 0.778. The molecule has 3 N–H and O–H groups in total. The summed E-state index contributed by atoms with van der Waals surface area (Å²) in [5, 5.41) is 14.8. The van der Waals surface area contributed by atoms with Crippen LogP contribution in [-0.2, 0) is 0 Å². The van der Waals surface area contributed by atoms with Crippen LogP contribution in [-0.4, -0.2) is 42.9 Å². The highest BCUT2D eigenvalue weighted by atomic mass is 19.1. The number of hydrogen-bond donors (Lipinski definition) is 3. The number of anilines is 1. The summed E-state index contributed by atoms with van der Waals surface area (Å²) in [5.74, 6) is -0.230. The van der Waals surface area contributed by atoms with Gasteiger partial charge in [-0.15, -0.1) is 0 Å². The highest BCUT2D eigenvalue weighted by molar-refractivity contribution is 5.74. The van der Waals surface area contributed by atoms with Gasteiger partial charge in [-0.3, -0.25) is 0 Å². The monoisotopic (exact) mass is 323 g/mol. The highest BCUT2D eigenvalue weighted by Crippen LogP contribution is 2.24. The molecule has 1 aromatic carbocycles. The van der Waals surface area contributed by atoms with E-state index < -0.39 is 0 Å². The second-order valence-electron chi connectivity index (χ2n) is 6.15. The number of aryl methyl sites for hydroxylation is 1. The van der Waals surface area contributed by atoms with Crippen LogP contribution in [0.2, 0.25) is 0 Å². The topological polar surface area (TPSA) is 64.6 Å². The number of carbonyl (C=O) groups excluding carboxylic acids is 1. The first-order valence-electron chi connectivity index (χ1n) is 8.22. The van der Waals surface area contributed by atoms with Crippen molar-refractivity contribution in [2.75, 3.05) is 24.6 Å². The molecule has 1 aromatic rings. The predicted molar refractivity (Wildman–Crippen MR) is 89.2 cm³/mol. The lowest BCUT2D eigenvalue weighted by Gasteiger charge is -2.35. The van der Waals surface area contributed by atoms with Crippen LogP contribution in [0.25, 0.3) is 0 Å². The zero-order valence-corrected chi connectivity index (χ0v) is 13.8. The average Bonchev–Trinajstić information content (AvgIpc) is 2.55. The van der Waals surface area contributed by atoms with Crippen LogP contribution in [0.1, 0.15) is 31.7 Å². The maximum Gasteiger partial charge on any atom is 0.315 e. The first-order valence-corrected chi connectivity index (χ1v) is 8.22. The third-order valence-corrected chi connectivity index (χ3v) is 4.25. The standard InChI is InChI=1S/C17H26FN3O2/c1-3-13(11-22)19-17(23)20-14-5-4-8-21(10-14)16-9-12(2)6-7-15(16)18/h6-7,9,13-14,22H,3-5,8,10-11H2,1-2H3,(H2,19,20,23). The Kier molecular flexibility index (Phi) is 6.21. The van der Waals surface area contributed by atoms with E-state index in [0.29, 0.717) is 18.7 Å². The molecule has 0 spiro atoms. The number of aliphatic hydroxyl groups is 1. The molecule has 2 atom stereocenters. The summed E-state index contributed by atoms with van der Waals surface area (Å²) in [6.07, 6.45) is 2.44. The molecule has 2 amide bonds. The minimum atomic E-state index is -0.275. The number of halogens is 1. The fraction of sp³-hybridized carbons (Fsp3) is 0.588. The maximum atomic E-state index is 14.0. The summed E-state index contributed by atoms with van der Waals surface area (Å²) in [6, 6.07) is 4.55. The van der Waals surface area contributed by atoms with Gasteiger partial charge in [0, 0.05) is 19.1 Å². The van der Waals surface area contributed by atoms with Crippen molar-refractivity contribution < 1.29 is 14.3 Å². The summed E-state index contributed by atoms with van der Waals surface area (Å²) < 4.78 is 14.0. The van der Waals surface area contributed by atoms with Gasteiger partial charge in [0.25, 0.3) is 0 Å². The van der Waals surface area contributed by atoms with Gasteiger partial charge in [-0.2, -0.15) is 0 Å². The smallest absolute Gasteiger partial charge is 0.315 e. The van der Waals surface area contributed by atoms with Crippen molar-refractivity contribution in [1.82, 2.24) is 10.6 Å². The zero-order valence-electron chi connectivity index (χ0n) is 13.8. The van der Waals surface area contributed by atoms with Crippen molar-refractivity contribution >= 4 is 11.7 Å². The van der Waals surface area contributed by atoms with E-state index in [9.17, 15) is 9.18 Å². The van der Waals surface area contributed by atoms with E-state index in [-0.39, 0.29) is 30.5 Å². The van der Waals surface area contributed by atoms with Gasteiger partial charge >= 0.3 is 6.03 Å². The number of amides is 2. The molecule has 0 aromatic heterocycles. The van der Waals surface area contributed by atoms with Crippen molar-refractivity contribution in [1.29, 1.82) is 0 Å². The molecular formula is C17H26FN3O2. The number of nitrogens with zero attached hydrogens (tertiary/aromatic N) is 1. The molecule has 2 rings (SSSR count). The molecule has 0 bridgehead atoms. The first kappa shape index (κ1) is 17.5. The Hall–Kier alpha value is -1.82. The van der Waals surface area contributed by atoms with Crippen LogP contribution >= 0.6 is 0 Å². The molecule has 1 saturated heterocycles. The molecule has 5 nitrogen and oxygen atoms in total. The molecule has 128 valence electrons. The lowest BCUT2D eigenvalue weighted by Crippen LogP contribution is -2.52. The van der Waals surface area contributed by atoms with E-state index in [1.54, 1.807) is 6.07 Å². The van der Waals surface area contributed by atoms with Crippen molar-refractivity contribution in [2.45, 2.75) is 45.2 Å². The Labute approximate surface area is 136 Å². The Balaban J connectivity index is 1.95. The number of aliphatic hydroxyl groups excluding tert-OH is 1. The molecule has 1 fully saturated rings. The zero-order chi connectivity index (χ0) is 16.8. The van der Waals surface area contributed by atoms with Gasteiger partial charge in [0.15, 0.2) is 0 Å². The van der Waals surface area contributed by atoms with Crippen LogP contribution in [0.15, 0.2) is 18.2 Å². The Morgan fingerprint density at radius 1 is 1.52 bits per heavy atom. The van der Waals surface area contributed by atoms with E-state index in [0.717, 1.165) is 24.9 Å². The number of benzene rings is 1. The third kappa shape index (κ3) is 4.82. The summed E-state index contributed by atoms with van der Waals surface area (Å²) in [4.78, 5) is 14.0. The number of piperidine rings is 1. The summed E-state index contributed by atoms with van der Waals surface area (Å²) >= 11 is 0. The van der Waals surface area contributed by atoms with Gasteiger partial charge in [-0.1, -0.05) is 13.0 Å². The second kappa shape index (κ2) is 8.15. The molecule has 0 radical (unpaired) electrons. The second-order valence-corrected chi connectivity index (χ2v) is 6.15. The van der Waals surface area contributed by atoms with Gasteiger partial charge in [0.1, 0.15) is 5.82 Å². The van der Waals surface area contributed by atoms with E-state index >= 15 is 0 Å². The predicted octanol–water partition coefficient (Wildman–Crippen LogP) is 2.17.